The molecule has 0 spiro atoms. The summed E-state index contributed by atoms with van der Waals surface area (Å²) >= 11 is 0. The van der Waals surface area contributed by atoms with Crippen molar-refractivity contribution in [3.8, 4) is 0 Å². The number of aliphatic hydroxyl groups is 3. The summed E-state index contributed by atoms with van der Waals surface area (Å²) in [7, 11) is -4.56. The third-order valence-corrected chi connectivity index (χ3v) is 20.1. The Morgan fingerprint density at radius 3 is 2.04 bits per heavy atom. The fourth-order valence-corrected chi connectivity index (χ4v) is 15.8. The number of allylic oxidation sites excluding steroid dienone is 1. The van der Waals surface area contributed by atoms with E-state index in [-0.39, 0.29) is 98.6 Å². The van der Waals surface area contributed by atoms with Gasteiger partial charge in [0.2, 0.25) is 0 Å². The molecule has 76 heavy (non-hydrogen) atoms. The van der Waals surface area contributed by atoms with Crippen molar-refractivity contribution in [2.24, 2.45) is 11.8 Å². The molecular weight excluding hydrogens is 1010 g/mol. The van der Waals surface area contributed by atoms with E-state index in [2.05, 4.69) is 38.1 Å². The maximum atomic E-state index is 12.3. The van der Waals surface area contributed by atoms with Crippen LogP contribution >= 0.6 is 0 Å². The zero-order chi connectivity index (χ0) is 54.1. The summed E-state index contributed by atoms with van der Waals surface area (Å²) in [5.74, 6) is -1.87. The van der Waals surface area contributed by atoms with Gasteiger partial charge in [-0.2, -0.15) is 8.42 Å². The van der Waals surface area contributed by atoms with Crippen LogP contribution in [0.3, 0.4) is 0 Å². The molecule has 428 valence electrons. The summed E-state index contributed by atoms with van der Waals surface area (Å²) in [5, 5.41) is 44.8. The average Bonchev–Trinajstić information content (AvgIpc) is 3.53. The van der Waals surface area contributed by atoms with E-state index in [9.17, 15) is 33.6 Å². The van der Waals surface area contributed by atoms with Crippen LogP contribution in [0, 0.1) is 11.8 Å². The second kappa shape index (κ2) is 20.5. The number of aliphatic hydroxyl groups excluding tert-OH is 2. The average molecular weight is 1100 g/mol. The quantitative estimate of drug-likeness (QED) is 0.109. The SMILES string of the molecule is C=CCC(/C=C/[C@@](C)(O)[C@H]1O[C@@H]2C[C@@H]3O[C@@H]4C[C@@H]5O[C@@H]6C[C@@H]7O[C@@H]8C[C@@H]9O[C@@H]%10C[C@@H]%11O[C@](C)(CCCOS(=O)(=O)O)[C@@H](O)C[C@H]%11O[C@H]%10C[C@H]9O[C@H]8CC[C@@]7(C)O[C@@]6(C)C[C@H](C)[C@H]5O[C@H]4[C@@H](O)[C@@]3(C)O[C@H]2CC1=C)C(=O)O. The molecule has 0 aromatic carbocycles. The number of ether oxygens (including phenoxy) is 11. The first kappa shape index (κ1) is 55.9. The Labute approximate surface area is 446 Å². The fraction of sp³-hybridized carbons (Fsp3) is 0.873. The van der Waals surface area contributed by atoms with Gasteiger partial charge in [0.15, 0.2) is 0 Å². The van der Waals surface area contributed by atoms with Crippen molar-refractivity contribution < 1.29 is 94.5 Å². The number of hydrogen-bond acceptors (Lipinski definition) is 18. The summed E-state index contributed by atoms with van der Waals surface area (Å²) in [4.78, 5) is 11.8. The standard InChI is InChI=1S/C55H82O20S/c1-9-11-29(50(58)59)12-15-51(4,60)49-27(2)18-38-37(71-49)24-45-55(8,74-38)48(57)47-41(70-45)22-40-46(72-47)28(3)26-54(7)44(69-40)25-43-53(6,75-54)16-13-30-31(68-43)19-33-32(65-30)20-34-35(66-33)21-39-36(67-34)23-42(56)52(5,73-39)14-10-17-64-76(61,62)63/h9,12,15,28-49,56-57,60H,1-2,10-11,13-14,16-26H2,3-8H3,(H,58,59)(H,61,62,63)/b15-12+/t28-,29?,30-,31+,32+,33-,34-,35+,36+,37+,38-,39-,40-,41+,42-,43-,44+,45-,46+,47+,48+,49-,51+,52+,53+,54-,55-/m0/s1. The molecule has 0 bridgehead atoms. The summed E-state index contributed by atoms with van der Waals surface area (Å²) in [6, 6.07) is 0. The van der Waals surface area contributed by atoms with Crippen LogP contribution in [-0.4, -0.2) is 196 Å². The van der Waals surface area contributed by atoms with Gasteiger partial charge in [-0.1, -0.05) is 31.7 Å². The molecule has 0 aromatic rings. The molecule has 11 fully saturated rings. The van der Waals surface area contributed by atoms with Crippen molar-refractivity contribution in [3.05, 3.63) is 37.0 Å². The molecule has 11 saturated heterocycles. The van der Waals surface area contributed by atoms with Gasteiger partial charge in [-0.05, 0) is 91.1 Å². The van der Waals surface area contributed by atoms with Crippen LogP contribution in [0.2, 0.25) is 0 Å². The Balaban J connectivity index is 0.733. The molecule has 11 aliphatic heterocycles. The Morgan fingerprint density at radius 1 is 0.763 bits per heavy atom. The minimum absolute atomic E-state index is 0.00522. The lowest BCUT2D eigenvalue weighted by Crippen LogP contribution is -2.73. The van der Waals surface area contributed by atoms with Crippen molar-refractivity contribution in [1.29, 1.82) is 0 Å². The van der Waals surface area contributed by atoms with Crippen LogP contribution in [-0.2, 0) is 71.5 Å². The van der Waals surface area contributed by atoms with Crippen LogP contribution < -0.4 is 0 Å². The molecule has 0 aromatic heterocycles. The largest absolute Gasteiger partial charge is 0.481 e. The molecular formula is C55H82O20S. The lowest BCUT2D eigenvalue weighted by Gasteiger charge is -2.59. The smallest absolute Gasteiger partial charge is 0.397 e. The van der Waals surface area contributed by atoms with E-state index < -0.39 is 99.1 Å². The third-order valence-electron chi connectivity index (χ3n) is 19.6. The summed E-state index contributed by atoms with van der Waals surface area (Å²) in [6.07, 6.45) is 2.55. The van der Waals surface area contributed by atoms with Gasteiger partial charge in [-0.3, -0.25) is 9.35 Å². The van der Waals surface area contributed by atoms with E-state index in [1.807, 2.05) is 13.8 Å². The lowest BCUT2D eigenvalue weighted by atomic mass is 9.74. The van der Waals surface area contributed by atoms with Gasteiger partial charge in [0.05, 0.1) is 133 Å². The molecule has 21 heteroatoms. The van der Waals surface area contributed by atoms with Crippen molar-refractivity contribution in [2.45, 2.75) is 282 Å². The number of hydrogen-bond donors (Lipinski definition) is 5. The predicted octanol–water partition coefficient (Wildman–Crippen LogP) is 4.38. The number of fused-ring (bicyclic) bond motifs is 10. The molecule has 0 radical (unpaired) electrons. The first-order valence-electron chi connectivity index (χ1n) is 28.0. The normalized spacial score (nSPS) is 52.1. The fourth-order valence-electron chi connectivity index (χ4n) is 15.5. The molecule has 0 amide bonds. The minimum atomic E-state index is -4.56. The monoisotopic (exact) mass is 1090 g/mol. The molecule has 27 atom stereocenters. The number of carboxylic acids is 1. The maximum absolute atomic E-state index is 12.3. The zero-order valence-electron chi connectivity index (χ0n) is 44.7. The van der Waals surface area contributed by atoms with Crippen molar-refractivity contribution in [2.75, 3.05) is 6.61 Å². The molecule has 11 rings (SSSR count). The van der Waals surface area contributed by atoms with E-state index in [1.165, 1.54) is 18.2 Å². The molecule has 0 saturated carbocycles. The van der Waals surface area contributed by atoms with Crippen LogP contribution in [0.25, 0.3) is 0 Å². The molecule has 5 N–H and O–H groups in total. The molecule has 11 aliphatic rings. The Hall–Kier alpha value is -2.00. The van der Waals surface area contributed by atoms with Crippen molar-refractivity contribution >= 4 is 16.4 Å². The van der Waals surface area contributed by atoms with Gasteiger partial charge in [0.1, 0.15) is 29.5 Å². The number of rotatable bonds is 11. The zero-order valence-corrected chi connectivity index (χ0v) is 45.5. The summed E-state index contributed by atoms with van der Waals surface area (Å²) < 4.78 is 112. The van der Waals surface area contributed by atoms with Crippen LogP contribution in [0.4, 0.5) is 0 Å². The Bertz CT molecular complexity index is 2330. The second-order valence-corrected chi connectivity index (χ2v) is 26.5. The molecule has 0 aliphatic carbocycles. The maximum Gasteiger partial charge on any atom is 0.397 e. The van der Waals surface area contributed by atoms with Crippen molar-refractivity contribution in [1.82, 2.24) is 0 Å². The highest BCUT2D eigenvalue weighted by Gasteiger charge is 2.65. The number of aliphatic carboxylic acids is 1. The van der Waals surface area contributed by atoms with Crippen LogP contribution in [0.1, 0.15) is 131 Å². The number of carbonyl (C=O) groups is 1. The van der Waals surface area contributed by atoms with E-state index in [1.54, 1.807) is 6.92 Å². The highest BCUT2D eigenvalue weighted by molar-refractivity contribution is 7.80. The van der Waals surface area contributed by atoms with E-state index >= 15 is 0 Å². The van der Waals surface area contributed by atoms with Gasteiger partial charge >= 0.3 is 16.4 Å². The summed E-state index contributed by atoms with van der Waals surface area (Å²) in [6.45, 7) is 19.4. The van der Waals surface area contributed by atoms with Gasteiger partial charge < -0.3 is 72.5 Å². The first-order valence-corrected chi connectivity index (χ1v) is 29.3. The topological polar surface area (TPSA) is 263 Å². The van der Waals surface area contributed by atoms with Crippen molar-refractivity contribution in [3.63, 3.8) is 0 Å². The van der Waals surface area contributed by atoms with Gasteiger partial charge in [-0.15, -0.1) is 6.58 Å². The molecule has 11 heterocycles. The third kappa shape index (κ3) is 10.4. The van der Waals surface area contributed by atoms with Gasteiger partial charge in [-0.25, -0.2) is 4.18 Å². The van der Waals surface area contributed by atoms with Gasteiger partial charge in [0.25, 0.3) is 0 Å². The predicted molar refractivity (Wildman–Crippen MR) is 267 cm³/mol. The highest BCUT2D eigenvalue weighted by Crippen LogP contribution is 2.54. The van der Waals surface area contributed by atoms with Crippen LogP contribution in [0.15, 0.2) is 37.0 Å². The summed E-state index contributed by atoms with van der Waals surface area (Å²) in [5.41, 5.74) is -4.37. The Kier molecular flexibility index (Phi) is 15.0. The first-order chi connectivity index (χ1) is 35.8. The van der Waals surface area contributed by atoms with E-state index in [0.29, 0.717) is 69.8 Å². The Morgan fingerprint density at radius 2 is 1.36 bits per heavy atom. The second-order valence-electron chi connectivity index (χ2n) is 25.4. The van der Waals surface area contributed by atoms with Crippen LogP contribution in [0.5, 0.6) is 0 Å². The molecule has 1 unspecified atom stereocenters. The van der Waals surface area contributed by atoms with E-state index in [0.717, 1.165) is 12.8 Å². The highest BCUT2D eigenvalue weighted by atomic mass is 32.3. The number of carboxylic acid groups (broad SMARTS) is 1. The van der Waals surface area contributed by atoms with Gasteiger partial charge in [0, 0.05) is 44.9 Å². The lowest BCUT2D eigenvalue weighted by molar-refractivity contribution is -0.361. The molecule has 20 nitrogen and oxygen atoms in total. The van der Waals surface area contributed by atoms with E-state index in [4.69, 9.17) is 56.7 Å². The minimum Gasteiger partial charge on any atom is -0.481 e.